The van der Waals surface area contributed by atoms with Crippen LogP contribution < -0.4 is 5.32 Å². The zero-order valence-electron chi connectivity index (χ0n) is 27.7. The van der Waals surface area contributed by atoms with Gasteiger partial charge in [0, 0.05) is 50.5 Å². The van der Waals surface area contributed by atoms with Crippen LogP contribution in [0.25, 0.3) is 0 Å². The van der Waals surface area contributed by atoms with Crippen molar-refractivity contribution in [3.8, 4) is 11.5 Å². The second-order valence-corrected chi connectivity index (χ2v) is 12.6. The molecule has 0 saturated carbocycles. The molecule has 1 heterocycles. The number of ketones is 4. The largest absolute Gasteiger partial charge is 0.507 e. The van der Waals surface area contributed by atoms with Crippen molar-refractivity contribution in [2.45, 2.75) is 68.2 Å². The summed E-state index contributed by atoms with van der Waals surface area (Å²) in [4.78, 5) is 69.1. The van der Waals surface area contributed by atoms with E-state index in [-0.39, 0.29) is 16.8 Å². The smallest absolute Gasteiger partial charge is 0.341 e. The van der Waals surface area contributed by atoms with Gasteiger partial charge in [0.15, 0.2) is 23.2 Å². The molecule has 6 N–H and O–H groups in total. The third-order valence-corrected chi connectivity index (χ3v) is 10.2. The maximum Gasteiger partial charge on any atom is 0.341 e. The molecule has 1 fully saturated rings. The molecular weight excluding hydrogens is 662 g/mol. The van der Waals surface area contributed by atoms with Crippen molar-refractivity contribution >= 4 is 29.1 Å². The lowest BCUT2D eigenvalue weighted by molar-refractivity contribution is -0.236. The topological polar surface area (TPSA) is 245 Å². The number of aryl methyl sites for hydroxylation is 1. The van der Waals surface area contributed by atoms with Gasteiger partial charge >= 0.3 is 5.97 Å². The minimum absolute atomic E-state index is 0.00455. The Bertz CT molecular complexity index is 1920. The van der Waals surface area contributed by atoms with Gasteiger partial charge in [-0.05, 0) is 31.0 Å². The Morgan fingerprint density at radius 2 is 1.60 bits per heavy atom. The summed E-state index contributed by atoms with van der Waals surface area (Å²) in [6.45, 7) is 3.06. The van der Waals surface area contributed by atoms with Gasteiger partial charge in [0.25, 0.3) is 0 Å². The van der Waals surface area contributed by atoms with E-state index in [0.29, 0.717) is 0 Å². The van der Waals surface area contributed by atoms with Crippen LogP contribution in [0.3, 0.4) is 0 Å². The van der Waals surface area contributed by atoms with Gasteiger partial charge < -0.3 is 54.5 Å². The van der Waals surface area contributed by atoms with E-state index in [9.17, 15) is 49.5 Å². The lowest BCUT2D eigenvalue weighted by Crippen LogP contribution is -2.73. The standard InChI is InChI=1S/C34H35NO15/c1-11-7-13-8-18(37)34(49-6)30(43)21-15(29(42)33(34,45)22(13)25(40)19(11)32(44)48-5)9-14-20(24(21)39)17(36)10-16(23(14)38)35-31-28(47-4)26(41)27(46-3)12(2)50-31/h7,9-10,12,18,26-28,31,35,37,39-41,45H,8H2,1-6H3/t12-,18?,26+,27-,28+,31?,33-,34+/m0/s1. The molecule has 2 aromatic rings. The number of Topliss-reactive ketones (excluding diaryl/α,β-unsaturated/α-hetero) is 3. The lowest BCUT2D eigenvalue weighted by atomic mass is 9.56. The number of nitrogens with one attached hydrogen (secondary N) is 1. The number of carbonyl (C=O) groups excluding carboxylic acids is 5. The Balaban J connectivity index is 1.51. The molecule has 2 unspecified atom stereocenters. The monoisotopic (exact) mass is 697 g/mol. The van der Waals surface area contributed by atoms with Crippen LogP contribution in [0.4, 0.5) is 0 Å². The minimum Gasteiger partial charge on any atom is -0.507 e. The van der Waals surface area contributed by atoms with Gasteiger partial charge in [-0.3, -0.25) is 19.2 Å². The Hall–Kier alpha value is -4.55. The zero-order valence-corrected chi connectivity index (χ0v) is 27.7. The molecule has 0 radical (unpaired) electrons. The predicted molar refractivity (Wildman–Crippen MR) is 166 cm³/mol. The average Bonchev–Trinajstić information content (AvgIpc) is 3.05. The quantitative estimate of drug-likeness (QED) is 0.213. The number of fused-ring (bicyclic) bond motifs is 5. The van der Waals surface area contributed by atoms with E-state index in [1.807, 2.05) is 0 Å². The summed E-state index contributed by atoms with van der Waals surface area (Å²) in [6, 6.07) is 2.18. The van der Waals surface area contributed by atoms with Gasteiger partial charge in [-0.2, -0.15) is 0 Å². The predicted octanol–water partition coefficient (Wildman–Crippen LogP) is -0.250. The van der Waals surface area contributed by atoms with E-state index < -0.39 is 128 Å². The van der Waals surface area contributed by atoms with Crippen LogP contribution in [0.2, 0.25) is 0 Å². The molecule has 1 saturated heterocycles. The number of rotatable bonds is 6. The highest BCUT2D eigenvalue weighted by molar-refractivity contribution is 6.31. The number of aliphatic hydroxyl groups excluding tert-OH is 2. The van der Waals surface area contributed by atoms with Crippen LogP contribution in [0, 0.1) is 6.92 Å². The van der Waals surface area contributed by atoms with E-state index in [1.165, 1.54) is 27.2 Å². The number of phenols is 2. The molecule has 16 heteroatoms. The summed E-state index contributed by atoms with van der Waals surface area (Å²) in [7, 11) is 4.62. The number of carbonyl (C=O) groups is 5. The van der Waals surface area contributed by atoms with Gasteiger partial charge in [0.05, 0.1) is 36.1 Å². The van der Waals surface area contributed by atoms with Crippen molar-refractivity contribution in [2.75, 3.05) is 28.4 Å². The number of esters is 1. The summed E-state index contributed by atoms with van der Waals surface area (Å²) in [5.41, 5.74) is -10.1. The van der Waals surface area contributed by atoms with E-state index in [4.69, 9.17) is 23.7 Å². The Labute approximate surface area is 284 Å². The highest BCUT2D eigenvalue weighted by Crippen LogP contribution is 2.56. The molecule has 0 amide bonds. The van der Waals surface area contributed by atoms with E-state index >= 15 is 0 Å². The second kappa shape index (κ2) is 12.1. The van der Waals surface area contributed by atoms with E-state index in [1.54, 1.807) is 6.92 Å². The van der Waals surface area contributed by atoms with E-state index in [0.717, 1.165) is 26.4 Å². The number of methoxy groups -OCH3 is 4. The maximum absolute atomic E-state index is 14.6. The van der Waals surface area contributed by atoms with Gasteiger partial charge in [-0.25, -0.2) is 4.79 Å². The Morgan fingerprint density at radius 3 is 2.20 bits per heavy atom. The van der Waals surface area contributed by atoms with Crippen molar-refractivity contribution in [1.29, 1.82) is 0 Å². The number of benzene rings is 2. The Kier molecular flexibility index (Phi) is 8.50. The van der Waals surface area contributed by atoms with Gasteiger partial charge in [-0.15, -0.1) is 0 Å². The molecule has 266 valence electrons. The van der Waals surface area contributed by atoms with Crippen molar-refractivity contribution < 1.29 is 73.2 Å². The summed E-state index contributed by atoms with van der Waals surface area (Å²) in [5.74, 6) is -7.67. The molecular formula is C34H35NO15. The first-order valence-electron chi connectivity index (χ1n) is 15.4. The average molecular weight is 698 g/mol. The molecule has 4 aliphatic rings. The van der Waals surface area contributed by atoms with Crippen LogP contribution in [0.5, 0.6) is 11.5 Å². The molecule has 8 atom stereocenters. The van der Waals surface area contributed by atoms with Gasteiger partial charge in [-0.1, -0.05) is 6.07 Å². The normalized spacial score (nSPS) is 31.7. The molecule has 16 nitrogen and oxygen atoms in total. The number of allylic oxidation sites excluding steroid dienone is 2. The molecule has 6 rings (SSSR count). The van der Waals surface area contributed by atoms with Crippen LogP contribution in [-0.4, -0.2) is 125 Å². The highest BCUT2D eigenvalue weighted by Gasteiger charge is 2.72. The van der Waals surface area contributed by atoms with Gasteiger partial charge in [0.2, 0.25) is 17.3 Å². The third-order valence-electron chi connectivity index (χ3n) is 10.2. The summed E-state index contributed by atoms with van der Waals surface area (Å²) in [6.07, 6.45) is -6.55. The number of ether oxygens (including phenoxy) is 5. The fourth-order valence-corrected chi connectivity index (χ4v) is 7.85. The first-order chi connectivity index (χ1) is 23.6. The molecule has 0 bridgehead atoms. The lowest BCUT2D eigenvalue weighted by Gasteiger charge is -2.52. The third kappa shape index (κ3) is 4.40. The molecule has 3 aliphatic carbocycles. The summed E-state index contributed by atoms with van der Waals surface area (Å²) < 4.78 is 26.8. The molecule has 0 aromatic heterocycles. The Morgan fingerprint density at radius 1 is 0.940 bits per heavy atom. The van der Waals surface area contributed by atoms with E-state index in [2.05, 4.69) is 5.32 Å². The minimum atomic E-state index is -3.23. The number of phenolic OH excluding ortho intramolecular Hbond substituents is 2. The molecule has 50 heavy (non-hydrogen) atoms. The van der Waals surface area contributed by atoms with Crippen molar-refractivity contribution in [3.63, 3.8) is 0 Å². The molecule has 2 aromatic carbocycles. The summed E-state index contributed by atoms with van der Waals surface area (Å²) in [5, 5.41) is 60.3. The first-order valence-corrected chi connectivity index (χ1v) is 15.4. The van der Waals surface area contributed by atoms with Crippen LogP contribution in [-0.2, 0) is 35.7 Å². The van der Waals surface area contributed by atoms with Crippen LogP contribution >= 0.6 is 0 Å². The van der Waals surface area contributed by atoms with Crippen molar-refractivity contribution in [3.05, 3.63) is 68.4 Å². The van der Waals surface area contributed by atoms with Crippen LogP contribution in [0.15, 0.2) is 23.9 Å². The number of hydrogen-bond acceptors (Lipinski definition) is 16. The van der Waals surface area contributed by atoms with Crippen LogP contribution in [0.1, 0.15) is 75.4 Å². The number of aliphatic hydroxyl groups is 3. The fraction of sp³-hybridized carbons (Fsp3) is 0.441. The highest BCUT2D eigenvalue weighted by atomic mass is 16.6. The SMILES string of the molecule is COC(=O)c1c(C)cc2c(c1O)[C@]1(O)C(=O)c3cc4c(c(O)c3C(=O)[C@]1(OC)C(O)C2)C(=O)C=C(NC1O[C@@H](C)[C@H](OC)[C@@H](O)[C@H]1OC)C4=O. The van der Waals surface area contributed by atoms with Crippen molar-refractivity contribution in [2.24, 2.45) is 0 Å². The fourth-order valence-electron chi connectivity index (χ4n) is 7.85. The van der Waals surface area contributed by atoms with Crippen molar-refractivity contribution in [1.82, 2.24) is 5.32 Å². The first kappa shape index (κ1) is 35.3. The van der Waals surface area contributed by atoms with Gasteiger partial charge in [0.1, 0.15) is 35.4 Å². The number of aromatic hydroxyl groups is 2. The molecule has 1 aliphatic heterocycles. The number of hydrogen-bond donors (Lipinski definition) is 6. The maximum atomic E-state index is 14.6. The summed E-state index contributed by atoms with van der Waals surface area (Å²) >= 11 is 0. The zero-order chi connectivity index (χ0) is 36.8. The second-order valence-electron chi connectivity index (χ2n) is 12.6. The molecule has 0 spiro atoms.